The maximum Gasteiger partial charge on any atom is 0.258 e. The summed E-state index contributed by atoms with van der Waals surface area (Å²) in [4.78, 5) is 14.6. The highest BCUT2D eigenvalue weighted by atomic mass is 16.4. The van der Waals surface area contributed by atoms with Crippen molar-refractivity contribution in [2.75, 3.05) is 11.9 Å². The van der Waals surface area contributed by atoms with Crippen molar-refractivity contribution < 1.29 is 9.21 Å². The molecule has 4 aromatic rings. The van der Waals surface area contributed by atoms with Crippen LogP contribution in [0.4, 0.5) is 5.69 Å². The lowest BCUT2D eigenvalue weighted by Gasteiger charge is -2.19. The molecule has 0 fully saturated rings. The van der Waals surface area contributed by atoms with Gasteiger partial charge in [-0.05, 0) is 66.4 Å². The first-order valence-electron chi connectivity index (χ1n) is 10.3. The Morgan fingerprint density at radius 3 is 2.32 bits per heavy atom. The number of carbonyl (C=O) groups excluding carboxylic acids is 1. The summed E-state index contributed by atoms with van der Waals surface area (Å²) in [6.45, 7) is 6.29. The molecule has 3 aromatic carbocycles. The van der Waals surface area contributed by atoms with Gasteiger partial charge in [-0.25, -0.2) is 0 Å². The number of carbonyl (C=O) groups is 1. The molecule has 1 aromatic heterocycles. The van der Waals surface area contributed by atoms with Crippen LogP contribution < -0.4 is 4.90 Å². The Hall–Kier alpha value is -3.73. The smallest absolute Gasteiger partial charge is 0.258 e. The van der Waals surface area contributed by atoms with E-state index in [0.717, 1.165) is 22.4 Å². The number of nitrogens with zero attached hydrogens (tertiary/aromatic N) is 3. The van der Waals surface area contributed by atoms with Crippen molar-refractivity contribution in [1.29, 1.82) is 0 Å². The molecule has 0 saturated carbocycles. The first-order valence-corrected chi connectivity index (χ1v) is 10.3. The van der Waals surface area contributed by atoms with Crippen LogP contribution in [-0.4, -0.2) is 23.2 Å². The first-order chi connectivity index (χ1) is 14.9. The summed E-state index contributed by atoms with van der Waals surface area (Å²) in [7, 11) is 1.79. The molecule has 0 atom stereocenters. The van der Waals surface area contributed by atoms with Crippen LogP contribution in [0.25, 0.3) is 22.9 Å². The average Bonchev–Trinajstić information content (AvgIpc) is 3.28. The highest BCUT2D eigenvalue weighted by Gasteiger charge is 2.16. The molecule has 156 valence electrons. The zero-order valence-corrected chi connectivity index (χ0v) is 18.2. The molecule has 0 aliphatic carbocycles. The van der Waals surface area contributed by atoms with Crippen molar-refractivity contribution in [3.8, 4) is 22.9 Å². The maximum atomic E-state index is 13.0. The Kier molecular flexibility index (Phi) is 5.67. The van der Waals surface area contributed by atoms with E-state index < -0.39 is 0 Å². The van der Waals surface area contributed by atoms with Gasteiger partial charge in [0.2, 0.25) is 11.8 Å². The molecule has 5 heteroatoms. The number of amides is 1. The standard InChI is InChI=1S/C26H25N3O2/c1-17(2)21-9-7-10-22(16-21)29(4)26(30)20-14-12-19(13-15-20)24-27-28-25(31-24)23-11-6-5-8-18(23)3/h5-17H,1-4H3. The molecule has 1 amide bonds. The van der Waals surface area contributed by atoms with Gasteiger partial charge < -0.3 is 9.32 Å². The third kappa shape index (κ3) is 4.26. The second-order valence-corrected chi connectivity index (χ2v) is 7.92. The van der Waals surface area contributed by atoms with Crippen molar-refractivity contribution in [2.24, 2.45) is 0 Å². The number of anilines is 1. The van der Waals surface area contributed by atoms with Crippen molar-refractivity contribution in [3.05, 3.63) is 89.5 Å². The van der Waals surface area contributed by atoms with Crippen LogP contribution in [0.15, 0.2) is 77.2 Å². The monoisotopic (exact) mass is 411 g/mol. The number of benzene rings is 3. The fraction of sp³-hybridized carbons (Fsp3) is 0.192. The van der Waals surface area contributed by atoms with E-state index in [4.69, 9.17) is 4.42 Å². The minimum atomic E-state index is -0.0708. The normalized spacial score (nSPS) is 11.0. The van der Waals surface area contributed by atoms with E-state index in [2.05, 4.69) is 36.2 Å². The Balaban J connectivity index is 1.54. The summed E-state index contributed by atoms with van der Waals surface area (Å²) < 4.78 is 5.87. The molecular weight excluding hydrogens is 386 g/mol. The third-order valence-electron chi connectivity index (χ3n) is 5.41. The van der Waals surface area contributed by atoms with Gasteiger partial charge >= 0.3 is 0 Å². The molecule has 0 saturated heterocycles. The van der Waals surface area contributed by atoms with Gasteiger partial charge in [0.05, 0.1) is 0 Å². The summed E-state index contributed by atoms with van der Waals surface area (Å²) in [5, 5.41) is 8.35. The average molecular weight is 412 g/mol. The molecule has 0 aliphatic heterocycles. The summed E-state index contributed by atoms with van der Waals surface area (Å²) in [6, 6.07) is 23.2. The van der Waals surface area contributed by atoms with Crippen LogP contribution in [-0.2, 0) is 0 Å². The second-order valence-electron chi connectivity index (χ2n) is 7.92. The summed E-state index contributed by atoms with van der Waals surface area (Å²) >= 11 is 0. The Labute approximate surface area is 182 Å². The van der Waals surface area contributed by atoms with Gasteiger partial charge in [0.15, 0.2) is 0 Å². The van der Waals surface area contributed by atoms with E-state index in [1.165, 1.54) is 5.56 Å². The zero-order chi connectivity index (χ0) is 22.0. The first kappa shape index (κ1) is 20.5. The number of hydrogen-bond donors (Lipinski definition) is 0. The van der Waals surface area contributed by atoms with Crippen molar-refractivity contribution in [3.63, 3.8) is 0 Å². The highest BCUT2D eigenvalue weighted by Crippen LogP contribution is 2.27. The largest absolute Gasteiger partial charge is 0.416 e. The minimum absolute atomic E-state index is 0.0708. The van der Waals surface area contributed by atoms with Crippen LogP contribution in [0, 0.1) is 6.92 Å². The van der Waals surface area contributed by atoms with Crippen molar-refractivity contribution in [1.82, 2.24) is 10.2 Å². The zero-order valence-electron chi connectivity index (χ0n) is 18.2. The van der Waals surface area contributed by atoms with Crippen LogP contribution in [0.5, 0.6) is 0 Å². The molecule has 31 heavy (non-hydrogen) atoms. The van der Waals surface area contributed by atoms with Gasteiger partial charge in [0, 0.05) is 29.4 Å². The van der Waals surface area contributed by atoms with Gasteiger partial charge in [-0.3, -0.25) is 4.79 Å². The summed E-state index contributed by atoms with van der Waals surface area (Å²) in [5.41, 5.74) is 5.43. The van der Waals surface area contributed by atoms with Gasteiger partial charge in [-0.15, -0.1) is 10.2 Å². The van der Waals surface area contributed by atoms with Gasteiger partial charge in [-0.1, -0.05) is 44.2 Å². The van der Waals surface area contributed by atoms with E-state index in [1.807, 2.05) is 55.5 Å². The molecule has 5 nitrogen and oxygen atoms in total. The fourth-order valence-corrected chi connectivity index (χ4v) is 3.42. The molecular formula is C26H25N3O2. The summed E-state index contributed by atoms with van der Waals surface area (Å²) in [5.74, 6) is 1.24. The Morgan fingerprint density at radius 1 is 0.903 bits per heavy atom. The predicted molar refractivity (Wildman–Crippen MR) is 123 cm³/mol. The van der Waals surface area contributed by atoms with E-state index in [1.54, 1.807) is 24.1 Å². The lowest BCUT2D eigenvalue weighted by Crippen LogP contribution is -2.26. The molecule has 0 radical (unpaired) electrons. The molecule has 0 bridgehead atoms. The number of hydrogen-bond acceptors (Lipinski definition) is 4. The molecule has 0 N–H and O–H groups in total. The lowest BCUT2D eigenvalue weighted by atomic mass is 10.0. The van der Waals surface area contributed by atoms with Crippen LogP contribution >= 0.6 is 0 Å². The lowest BCUT2D eigenvalue weighted by molar-refractivity contribution is 0.0993. The van der Waals surface area contributed by atoms with Crippen molar-refractivity contribution >= 4 is 11.6 Å². The number of aryl methyl sites for hydroxylation is 1. The van der Waals surface area contributed by atoms with Gasteiger partial charge in [0.1, 0.15) is 0 Å². The molecule has 0 unspecified atom stereocenters. The SMILES string of the molecule is Cc1ccccc1-c1nnc(-c2ccc(C(=O)N(C)c3cccc(C(C)C)c3)cc2)o1. The highest BCUT2D eigenvalue weighted by molar-refractivity contribution is 6.05. The Morgan fingerprint density at radius 2 is 1.61 bits per heavy atom. The minimum Gasteiger partial charge on any atom is -0.416 e. The van der Waals surface area contributed by atoms with E-state index in [-0.39, 0.29) is 5.91 Å². The molecule has 0 spiro atoms. The topological polar surface area (TPSA) is 59.2 Å². The van der Waals surface area contributed by atoms with Crippen LogP contribution in [0.1, 0.15) is 41.3 Å². The summed E-state index contributed by atoms with van der Waals surface area (Å²) in [6.07, 6.45) is 0. The quantitative estimate of drug-likeness (QED) is 0.397. The van der Waals surface area contributed by atoms with Gasteiger partial charge in [-0.2, -0.15) is 0 Å². The van der Waals surface area contributed by atoms with Gasteiger partial charge in [0.25, 0.3) is 5.91 Å². The molecule has 0 aliphatic rings. The number of aromatic nitrogens is 2. The van der Waals surface area contributed by atoms with Crippen molar-refractivity contribution in [2.45, 2.75) is 26.7 Å². The number of rotatable bonds is 5. The van der Waals surface area contributed by atoms with E-state index in [9.17, 15) is 4.79 Å². The fourth-order valence-electron chi connectivity index (χ4n) is 3.42. The predicted octanol–water partition coefficient (Wildman–Crippen LogP) is 6.11. The maximum absolute atomic E-state index is 13.0. The van der Waals surface area contributed by atoms with Crippen LogP contribution in [0.3, 0.4) is 0 Å². The molecule has 4 rings (SSSR count). The van der Waals surface area contributed by atoms with Crippen LogP contribution in [0.2, 0.25) is 0 Å². The Bertz CT molecular complexity index is 1210. The second kappa shape index (κ2) is 8.56. The molecule has 1 heterocycles. The van der Waals surface area contributed by atoms with E-state index >= 15 is 0 Å². The third-order valence-corrected chi connectivity index (χ3v) is 5.41. The van der Waals surface area contributed by atoms with E-state index in [0.29, 0.717) is 23.3 Å².